The van der Waals surface area contributed by atoms with Gasteiger partial charge in [0.2, 0.25) is 0 Å². The van der Waals surface area contributed by atoms with Gasteiger partial charge in [0.15, 0.2) is 18.1 Å². The number of alkyl halides is 1. The molecule has 3 N–H and O–H groups in total. The number of halogens is 1. The molecule has 0 spiro atoms. The lowest BCUT2D eigenvalue weighted by atomic mass is 10.0. The number of aryl methyl sites for hydroxylation is 1. The molecular formula is C26H38FN3O5. The number of aromatic nitrogens is 2. The standard InChI is InChI=1S/C24H32FN3O5.C2H6/c1-6-9-16(10-8-11-25)12-17-13-27-19-14(3)18(24(31)32-7-2)23(30)28-20(19)21(17)33-15(4)22(29)26-5;1-2/h8-10,13,15,24,31H,6-7,11-12H2,1-5H3,(H,26,29)(H,28,30);1-2H3/b10-8-,16-9+;. The van der Waals surface area contributed by atoms with Gasteiger partial charge in [-0.3, -0.25) is 14.6 Å². The third-order valence-electron chi connectivity index (χ3n) is 5.11. The molecule has 2 atom stereocenters. The zero-order valence-electron chi connectivity index (χ0n) is 21.7. The number of pyridine rings is 2. The first-order valence-corrected chi connectivity index (χ1v) is 11.9. The number of ether oxygens (including phenoxy) is 2. The number of carbonyl (C=O) groups is 1. The molecule has 2 aromatic heterocycles. The molecule has 2 unspecified atom stereocenters. The number of hydrogen-bond donors (Lipinski definition) is 3. The Balaban J connectivity index is 0.00000298. The molecule has 0 saturated carbocycles. The topological polar surface area (TPSA) is 114 Å². The van der Waals surface area contributed by atoms with Crippen molar-refractivity contribution < 1.29 is 23.8 Å². The lowest BCUT2D eigenvalue weighted by Crippen LogP contribution is -2.34. The molecule has 8 nitrogen and oxygen atoms in total. The van der Waals surface area contributed by atoms with E-state index < -0.39 is 24.6 Å². The molecule has 0 aliphatic rings. The second-order valence-corrected chi connectivity index (χ2v) is 7.43. The molecule has 35 heavy (non-hydrogen) atoms. The molecule has 0 aliphatic heterocycles. The molecule has 0 radical (unpaired) electrons. The fourth-order valence-corrected chi connectivity index (χ4v) is 3.52. The molecular weight excluding hydrogens is 453 g/mol. The monoisotopic (exact) mass is 491 g/mol. The Morgan fingerprint density at radius 1 is 1.34 bits per heavy atom. The van der Waals surface area contributed by atoms with Crippen molar-refractivity contribution in [3.63, 3.8) is 0 Å². The number of aliphatic hydroxyl groups is 1. The van der Waals surface area contributed by atoms with E-state index in [1.54, 1.807) is 33.0 Å². The van der Waals surface area contributed by atoms with E-state index in [1.165, 1.54) is 13.1 Å². The lowest BCUT2D eigenvalue weighted by Gasteiger charge is -2.20. The maximum absolute atomic E-state index is 12.9. The number of nitrogens with zero attached hydrogens (tertiary/aromatic N) is 1. The van der Waals surface area contributed by atoms with E-state index in [0.29, 0.717) is 34.3 Å². The molecule has 2 heterocycles. The number of fused-ring (bicyclic) bond motifs is 1. The fourth-order valence-electron chi connectivity index (χ4n) is 3.52. The maximum Gasteiger partial charge on any atom is 0.260 e. The van der Waals surface area contributed by atoms with Gasteiger partial charge in [0, 0.05) is 31.8 Å². The molecule has 9 heteroatoms. The van der Waals surface area contributed by atoms with Gasteiger partial charge in [0.05, 0.1) is 11.1 Å². The van der Waals surface area contributed by atoms with Gasteiger partial charge in [-0.25, -0.2) is 4.39 Å². The first-order valence-electron chi connectivity index (χ1n) is 11.9. The number of hydrogen-bond acceptors (Lipinski definition) is 6. The highest BCUT2D eigenvalue weighted by molar-refractivity contribution is 5.87. The molecule has 1 amide bonds. The van der Waals surface area contributed by atoms with Crippen molar-refractivity contribution in [3.8, 4) is 5.75 Å². The van der Waals surface area contributed by atoms with Crippen LogP contribution in [0.4, 0.5) is 4.39 Å². The zero-order valence-corrected chi connectivity index (χ0v) is 21.7. The van der Waals surface area contributed by atoms with Crippen molar-refractivity contribution >= 4 is 16.9 Å². The van der Waals surface area contributed by atoms with Gasteiger partial charge in [-0.1, -0.05) is 39.0 Å². The van der Waals surface area contributed by atoms with Crippen molar-refractivity contribution in [2.24, 2.45) is 0 Å². The lowest BCUT2D eigenvalue weighted by molar-refractivity contribution is -0.126. The average Bonchev–Trinajstić information content (AvgIpc) is 2.84. The fraction of sp³-hybridized carbons (Fsp3) is 0.500. The Labute approximate surface area is 206 Å². The number of amides is 1. The van der Waals surface area contributed by atoms with E-state index in [2.05, 4.69) is 15.3 Å². The van der Waals surface area contributed by atoms with Gasteiger partial charge < -0.3 is 24.9 Å². The van der Waals surface area contributed by atoms with Crippen LogP contribution in [0.3, 0.4) is 0 Å². The van der Waals surface area contributed by atoms with Crippen LogP contribution < -0.4 is 15.6 Å². The highest BCUT2D eigenvalue weighted by Crippen LogP contribution is 2.32. The summed E-state index contributed by atoms with van der Waals surface area (Å²) < 4.78 is 23.9. The van der Waals surface area contributed by atoms with Crippen LogP contribution in [0.15, 0.2) is 34.8 Å². The first-order chi connectivity index (χ1) is 16.8. The molecule has 0 aliphatic carbocycles. The number of carbonyl (C=O) groups excluding carboxylic acids is 1. The van der Waals surface area contributed by atoms with E-state index in [0.717, 1.165) is 12.0 Å². The largest absolute Gasteiger partial charge is 0.478 e. The molecule has 2 rings (SSSR count). The van der Waals surface area contributed by atoms with Crippen LogP contribution in [0, 0.1) is 6.92 Å². The summed E-state index contributed by atoms with van der Waals surface area (Å²) in [7, 11) is 1.50. The summed E-state index contributed by atoms with van der Waals surface area (Å²) in [6.07, 6.45) is 5.51. The van der Waals surface area contributed by atoms with Crippen LogP contribution in [-0.4, -0.2) is 47.4 Å². The summed E-state index contributed by atoms with van der Waals surface area (Å²) in [5, 5.41) is 12.8. The van der Waals surface area contributed by atoms with Gasteiger partial charge in [0.1, 0.15) is 12.2 Å². The number of allylic oxidation sites excluding steroid dienone is 4. The normalized spacial score (nSPS) is 13.3. The van der Waals surface area contributed by atoms with E-state index in [1.807, 2.05) is 26.8 Å². The molecule has 0 bridgehead atoms. The number of H-pyrrole nitrogens is 1. The second kappa shape index (κ2) is 15.1. The van der Waals surface area contributed by atoms with E-state index in [-0.39, 0.29) is 18.1 Å². The number of aliphatic hydroxyl groups excluding tert-OH is 1. The van der Waals surface area contributed by atoms with Gasteiger partial charge in [-0.2, -0.15) is 0 Å². The molecule has 2 aromatic rings. The highest BCUT2D eigenvalue weighted by atomic mass is 19.1. The average molecular weight is 492 g/mol. The van der Waals surface area contributed by atoms with Crippen LogP contribution in [0.5, 0.6) is 5.75 Å². The SMILES string of the molecule is CC.CC/C=C(\C=C/CF)Cc1cnc2c(C)c(C(O)OCC)c(=O)[nH]c2c1OC(C)C(=O)NC. The molecule has 0 fully saturated rings. The number of rotatable bonds is 11. The highest BCUT2D eigenvalue weighted by Gasteiger charge is 2.23. The van der Waals surface area contributed by atoms with Crippen molar-refractivity contribution in [1.29, 1.82) is 0 Å². The summed E-state index contributed by atoms with van der Waals surface area (Å²) in [5.41, 5.74) is 2.15. The number of nitrogens with one attached hydrogen (secondary N) is 2. The second-order valence-electron chi connectivity index (χ2n) is 7.43. The number of likely N-dealkylation sites (N-methyl/N-ethyl adjacent to an activating group) is 1. The van der Waals surface area contributed by atoms with Crippen LogP contribution in [0.1, 0.15) is 64.0 Å². The van der Waals surface area contributed by atoms with Crippen LogP contribution in [-0.2, 0) is 16.0 Å². The Bertz CT molecular complexity index is 1090. The van der Waals surface area contributed by atoms with Gasteiger partial charge in [0.25, 0.3) is 11.5 Å². The minimum atomic E-state index is -1.40. The summed E-state index contributed by atoms with van der Waals surface area (Å²) >= 11 is 0. The minimum absolute atomic E-state index is 0.0624. The summed E-state index contributed by atoms with van der Waals surface area (Å²) in [4.78, 5) is 32.2. The van der Waals surface area contributed by atoms with Crippen molar-refractivity contribution in [2.75, 3.05) is 20.3 Å². The summed E-state index contributed by atoms with van der Waals surface area (Å²) in [5.74, 6) is -0.0422. The van der Waals surface area contributed by atoms with Gasteiger partial charge >= 0.3 is 0 Å². The quantitative estimate of drug-likeness (QED) is 0.321. The Morgan fingerprint density at radius 2 is 2.03 bits per heavy atom. The third-order valence-corrected chi connectivity index (χ3v) is 5.11. The smallest absolute Gasteiger partial charge is 0.260 e. The molecule has 0 aromatic carbocycles. The number of aromatic amines is 1. The summed E-state index contributed by atoms with van der Waals surface area (Å²) in [6, 6.07) is 0. The van der Waals surface area contributed by atoms with Crippen LogP contribution in [0.25, 0.3) is 11.0 Å². The van der Waals surface area contributed by atoms with E-state index >= 15 is 0 Å². The maximum atomic E-state index is 12.9. The Hall–Kier alpha value is -3.04. The predicted octanol–water partition coefficient (Wildman–Crippen LogP) is 4.20. The summed E-state index contributed by atoms with van der Waals surface area (Å²) in [6.45, 7) is 10.6. The van der Waals surface area contributed by atoms with Crippen LogP contribution >= 0.6 is 0 Å². The Kier molecular flexibility index (Phi) is 12.9. The van der Waals surface area contributed by atoms with Crippen molar-refractivity contribution in [3.05, 3.63) is 57.0 Å². The predicted molar refractivity (Wildman–Crippen MR) is 136 cm³/mol. The van der Waals surface area contributed by atoms with Crippen LogP contribution in [0.2, 0.25) is 0 Å². The zero-order chi connectivity index (χ0) is 26.5. The van der Waals surface area contributed by atoms with E-state index in [4.69, 9.17) is 9.47 Å². The van der Waals surface area contributed by atoms with E-state index in [9.17, 15) is 19.1 Å². The van der Waals surface area contributed by atoms with Gasteiger partial charge in [-0.15, -0.1) is 0 Å². The van der Waals surface area contributed by atoms with Crippen molar-refractivity contribution in [1.82, 2.24) is 15.3 Å². The minimum Gasteiger partial charge on any atom is -0.478 e. The molecule has 0 saturated heterocycles. The Morgan fingerprint density at radius 3 is 2.60 bits per heavy atom. The third kappa shape index (κ3) is 7.73. The molecule has 194 valence electrons. The van der Waals surface area contributed by atoms with Gasteiger partial charge in [-0.05, 0) is 38.3 Å². The first kappa shape index (κ1) is 30.0. The van der Waals surface area contributed by atoms with Crippen molar-refractivity contribution in [2.45, 2.75) is 66.8 Å².